The Hall–Kier alpha value is -0.450. The Kier molecular flexibility index (Phi) is 4.47. The molecule has 0 bridgehead atoms. The molecule has 0 spiro atoms. The minimum absolute atomic E-state index is 0.0495. The van der Waals surface area contributed by atoms with Crippen molar-refractivity contribution in [3.8, 4) is 0 Å². The van der Waals surface area contributed by atoms with Crippen LogP contribution in [0.5, 0.6) is 0 Å². The van der Waals surface area contributed by atoms with E-state index in [0.29, 0.717) is 6.61 Å². The molecule has 0 aromatic carbocycles. The van der Waals surface area contributed by atoms with E-state index in [-0.39, 0.29) is 17.6 Å². The van der Waals surface area contributed by atoms with Crippen LogP contribution in [0.1, 0.15) is 56.6 Å². The van der Waals surface area contributed by atoms with Gasteiger partial charge in [0.05, 0.1) is 0 Å². The summed E-state index contributed by atoms with van der Waals surface area (Å²) in [7, 11) is 0. The fourth-order valence-corrected chi connectivity index (χ4v) is 2.66. The van der Waals surface area contributed by atoms with Crippen molar-refractivity contribution in [2.45, 2.75) is 46.8 Å². The van der Waals surface area contributed by atoms with Crippen molar-refractivity contribution in [3.63, 3.8) is 0 Å². The number of rotatable bonds is 4. The summed E-state index contributed by atoms with van der Waals surface area (Å²) in [5.41, 5.74) is 5.90. The first-order chi connectivity index (χ1) is 7.36. The third-order valence-corrected chi connectivity index (χ3v) is 3.58. The Bertz CT molecular complexity index is 328. The maximum Gasteiger partial charge on any atom is 0.122 e. The van der Waals surface area contributed by atoms with E-state index in [2.05, 4.69) is 25.8 Å². The van der Waals surface area contributed by atoms with E-state index in [1.165, 1.54) is 0 Å². The molecule has 1 heterocycles. The van der Waals surface area contributed by atoms with Crippen LogP contribution in [0, 0.1) is 5.41 Å². The first kappa shape index (κ1) is 13.6. The average molecular weight is 242 g/mol. The summed E-state index contributed by atoms with van der Waals surface area (Å²) in [5.74, 6) is 0. The maximum atomic E-state index is 5.84. The molecule has 1 aromatic rings. The van der Waals surface area contributed by atoms with Gasteiger partial charge in [0.15, 0.2) is 0 Å². The lowest BCUT2D eigenvalue weighted by atomic mass is 9.89. The van der Waals surface area contributed by atoms with Crippen LogP contribution in [0.2, 0.25) is 0 Å². The first-order valence-electron chi connectivity index (χ1n) is 5.69. The van der Waals surface area contributed by atoms with Crippen molar-refractivity contribution in [2.24, 2.45) is 11.1 Å². The van der Waals surface area contributed by atoms with Gasteiger partial charge in [-0.05, 0) is 19.3 Å². The molecule has 0 aliphatic rings. The van der Waals surface area contributed by atoms with Gasteiger partial charge in [0.2, 0.25) is 0 Å². The molecule has 92 valence electrons. The molecule has 0 saturated heterocycles. The number of thiazole rings is 1. The molecule has 3 nitrogen and oxygen atoms in total. The third kappa shape index (κ3) is 3.27. The van der Waals surface area contributed by atoms with Crippen LogP contribution >= 0.6 is 11.3 Å². The van der Waals surface area contributed by atoms with E-state index >= 15 is 0 Å². The Morgan fingerprint density at radius 1 is 1.50 bits per heavy atom. The fraction of sp³-hybridized carbons (Fsp3) is 0.750. The van der Waals surface area contributed by atoms with Crippen LogP contribution in [-0.2, 0) is 4.74 Å². The molecule has 0 amide bonds. The van der Waals surface area contributed by atoms with Crippen LogP contribution in [0.4, 0.5) is 0 Å². The number of ether oxygens (including phenoxy) is 1. The monoisotopic (exact) mass is 242 g/mol. The largest absolute Gasteiger partial charge is 0.371 e. The van der Waals surface area contributed by atoms with Crippen molar-refractivity contribution in [2.75, 3.05) is 6.61 Å². The summed E-state index contributed by atoms with van der Waals surface area (Å²) in [6.07, 6.45) is 1.91. The molecule has 0 saturated carbocycles. The molecule has 2 unspecified atom stereocenters. The highest BCUT2D eigenvalue weighted by molar-refractivity contribution is 7.11. The summed E-state index contributed by atoms with van der Waals surface area (Å²) in [6.45, 7) is 11.2. The van der Waals surface area contributed by atoms with Gasteiger partial charge in [0, 0.05) is 23.7 Å². The topological polar surface area (TPSA) is 48.1 Å². The number of hydrogen-bond donors (Lipinski definition) is 1. The molecule has 0 radical (unpaired) electrons. The highest BCUT2D eigenvalue weighted by Crippen LogP contribution is 2.38. The first-order valence-corrected chi connectivity index (χ1v) is 6.50. The van der Waals surface area contributed by atoms with Crippen LogP contribution in [0.25, 0.3) is 0 Å². The van der Waals surface area contributed by atoms with Gasteiger partial charge in [0.1, 0.15) is 11.1 Å². The van der Waals surface area contributed by atoms with Gasteiger partial charge in [-0.3, -0.25) is 0 Å². The minimum Gasteiger partial charge on any atom is -0.371 e. The Morgan fingerprint density at radius 2 is 2.12 bits per heavy atom. The Labute approximate surface area is 102 Å². The Morgan fingerprint density at radius 3 is 2.50 bits per heavy atom. The molecule has 2 atom stereocenters. The lowest BCUT2D eigenvalue weighted by molar-refractivity contribution is -0.0133. The van der Waals surface area contributed by atoms with Crippen LogP contribution in [-0.4, -0.2) is 11.6 Å². The van der Waals surface area contributed by atoms with Crippen LogP contribution in [0.3, 0.4) is 0 Å². The summed E-state index contributed by atoms with van der Waals surface area (Å²) < 4.78 is 5.79. The summed E-state index contributed by atoms with van der Waals surface area (Å²) in [4.78, 5) is 5.55. The predicted octanol–water partition coefficient (Wildman–Crippen LogP) is 3.29. The molecule has 4 heteroatoms. The van der Waals surface area contributed by atoms with Crippen molar-refractivity contribution in [1.82, 2.24) is 4.98 Å². The molecule has 0 aliphatic heterocycles. The zero-order chi connectivity index (χ0) is 12.3. The standard InChI is InChI=1S/C12H22N2OS/c1-6-15-10(12(3,4)5)11-14-7-9(16-11)8(2)13/h7-8,10H,6,13H2,1-5H3. The van der Waals surface area contributed by atoms with Crippen molar-refractivity contribution >= 4 is 11.3 Å². The number of nitrogens with two attached hydrogens (primary N) is 1. The molecule has 1 rings (SSSR count). The summed E-state index contributed by atoms with van der Waals surface area (Å²) >= 11 is 1.65. The third-order valence-electron chi connectivity index (χ3n) is 2.33. The van der Waals surface area contributed by atoms with Gasteiger partial charge in [-0.15, -0.1) is 11.3 Å². The number of hydrogen-bond acceptors (Lipinski definition) is 4. The lowest BCUT2D eigenvalue weighted by Gasteiger charge is -2.28. The van der Waals surface area contributed by atoms with E-state index < -0.39 is 0 Å². The average Bonchev–Trinajstić information content (AvgIpc) is 2.60. The van der Waals surface area contributed by atoms with Gasteiger partial charge >= 0.3 is 0 Å². The van der Waals surface area contributed by atoms with Crippen molar-refractivity contribution < 1.29 is 4.74 Å². The highest BCUT2D eigenvalue weighted by atomic mass is 32.1. The molecular weight excluding hydrogens is 220 g/mol. The summed E-state index contributed by atoms with van der Waals surface area (Å²) in [6, 6.07) is 0.0495. The molecular formula is C12H22N2OS. The number of nitrogens with zero attached hydrogens (tertiary/aromatic N) is 1. The quantitative estimate of drug-likeness (QED) is 0.881. The van der Waals surface area contributed by atoms with Gasteiger partial charge in [0.25, 0.3) is 0 Å². The second-order valence-electron chi connectivity index (χ2n) is 5.09. The summed E-state index contributed by atoms with van der Waals surface area (Å²) in [5, 5.41) is 1.03. The fourth-order valence-electron chi connectivity index (χ4n) is 1.49. The SMILES string of the molecule is CCOC(c1ncc(C(C)N)s1)C(C)(C)C. The van der Waals surface area contributed by atoms with E-state index in [1.54, 1.807) is 11.3 Å². The van der Waals surface area contributed by atoms with E-state index in [9.17, 15) is 0 Å². The normalized spacial score (nSPS) is 16.1. The van der Waals surface area contributed by atoms with E-state index in [0.717, 1.165) is 9.88 Å². The minimum atomic E-state index is 0.0495. The molecule has 0 aliphatic carbocycles. The highest BCUT2D eigenvalue weighted by Gasteiger charge is 2.29. The van der Waals surface area contributed by atoms with Crippen LogP contribution < -0.4 is 5.73 Å². The van der Waals surface area contributed by atoms with Gasteiger partial charge in [-0.25, -0.2) is 4.98 Å². The molecule has 16 heavy (non-hydrogen) atoms. The lowest BCUT2D eigenvalue weighted by Crippen LogP contribution is -2.21. The second-order valence-corrected chi connectivity index (χ2v) is 6.18. The van der Waals surface area contributed by atoms with Gasteiger partial charge < -0.3 is 10.5 Å². The van der Waals surface area contributed by atoms with Crippen LogP contribution in [0.15, 0.2) is 6.20 Å². The zero-order valence-corrected chi connectivity index (χ0v) is 11.6. The van der Waals surface area contributed by atoms with Crippen molar-refractivity contribution in [1.29, 1.82) is 0 Å². The van der Waals surface area contributed by atoms with E-state index in [1.807, 2.05) is 20.0 Å². The second kappa shape index (κ2) is 5.25. The smallest absolute Gasteiger partial charge is 0.122 e. The predicted molar refractivity (Wildman–Crippen MR) is 68.5 cm³/mol. The number of aromatic nitrogens is 1. The Balaban J connectivity index is 2.93. The molecule has 2 N–H and O–H groups in total. The van der Waals surface area contributed by atoms with E-state index in [4.69, 9.17) is 10.5 Å². The molecule has 1 aromatic heterocycles. The van der Waals surface area contributed by atoms with Gasteiger partial charge in [-0.2, -0.15) is 0 Å². The van der Waals surface area contributed by atoms with Gasteiger partial charge in [-0.1, -0.05) is 20.8 Å². The maximum absolute atomic E-state index is 5.84. The molecule has 0 fully saturated rings. The zero-order valence-electron chi connectivity index (χ0n) is 10.8. The van der Waals surface area contributed by atoms with Crippen molar-refractivity contribution in [3.05, 3.63) is 16.1 Å².